The number of nitrogens with one attached hydrogen (secondary N) is 3. The van der Waals surface area contributed by atoms with Crippen LogP contribution in [0.1, 0.15) is 65.7 Å². The highest BCUT2D eigenvalue weighted by atomic mass is 15.2. The van der Waals surface area contributed by atoms with E-state index in [4.69, 9.17) is 0 Å². The molecule has 0 aromatic heterocycles. The third kappa shape index (κ3) is 10.0. The fraction of sp³-hybridized carbons (Fsp3) is 0.667. The van der Waals surface area contributed by atoms with Gasteiger partial charge in [0.1, 0.15) is 0 Å². The number of likely N-dealkylation sites (tertiary alicyclic amines) is 1. The normalized spacial score (nSPS) is 19.7. The molecule has 1 heterocycles. The van der Waals surface area contributed by atoms with Crippen LogP contribution < -0.4 is 16.0 Å². The molecule has 4 nitrogen and oxygen atoms in total. The molecule has 0 amide bonds. The van der Waals surface area contributed by atoms with Crippen LogP contribution in [0.15, 0.2) is 49.0 Å². The van der Waals surface area contributed by atoms with Gasteiger partial charge in [-0.3, -0.25) is 4.90 Å². The summed E-state index contributed by atoms with van der Waals surface area (Å²) in [7, 11) is 0. The van der Waals surface area contributed by atoms with Crippen molar-refractivity contribution in [2.45, 2.75) is 77.8 Å². The van der Waals surface area contributed by atoms with E-state index in [0.717, 1.165) is 69.0 Å². The Labute approximate surface area is 174 Å². The predicted octanol–water partition coefficient (Wildman–Crippen LogP) is 4.70. The smallest absolute Gasteiger partial charge is 0.0381 e. The van der Waals surface area contributed by atoms with E-state index in [0.29, 0.717) is 12.1 Å². The molecular formula is C24H44N4. The van der Waals surface area contributed by atoms with Crippen LogP contribution in [0, 0.1) is 0 Å². The zero-order chi connectivity index (χ0) is 20.9. The second-order valence-corrected chi connectivity index (χ2v) is 8.25. The van der Waals surface area contributed by atoms with Gasteiger partial charge in [-0.05, 0) is 39.5 Å². The van der Waals surface area contributed by atoms with Crippen molar-refractivity contribution >= 4 is 0 Å². The molecule has 1 fully saturated rings. The van der Waals surface area contributed by atoms with Gasteiger partial charge in [0.25, 0.3) is 0 Å². The molecule has 0 bridgehead atoms. The van der Waals surface area contributed by atoms with Gasteiger partial charge in [-0.2, -0.15) is 0 Å². The Morgan fingerprint density at radius 1 is 0.786 bits per heavy atom. The van der Waals surface area contributed by atoms with Crippen LogP contribution in [0.25, 0.3) is 0 Å². The molecule has 160 valence electrons. The lowest BCUT2D eigenvalue weighted by Gasteiger charge is -2.39. The maximum absolute atomic E-state index is 4.22. The molecule has 0 unspecified atom stereocenters. The highest BCUT2D eigenvalue weighted by Gasteiger charge is 2.24. The zero-order valence-electron chi connectivity index (χ0n) is 18.7. The van der Waals surface area contributed by atoms with Gasteiger partial charge < -0.3 is 16.0 Å². The summed E-state index contributed by atoms with van der Waals surface area (Å²) in [5.41, 5.74) is 4.53. The molecule has 1 aliphatic heterocycles. The molecule has 1 saturated heterocycles. The number of piperidine rings is 1. The Bertz CT molecular complexity index is 513. The molecule has 0 radical (unpaired) electrons. The summed E-state index contributed by atoms with van der Waals surface area (Å²) in [5, 5.41) is 10.2. The number of hydrogen-bond donors (Lipinski definition) is 3. The second-order valence-electron chi connectivity index (χ2n) is 8.25. The molecule has 0 saturated carbocycles. The van der Waals surface area contributed by atoms with Gasteiger partial charge in [0, 0.05) is 68.2 Å². The minimum absolute atomic E-state index is 0.653. The first-order valence-electron chi connectivity index (χ1n) is 11.0. The Hall–Kier alpha value is -1.68. The lowest BCUT2D eigenvalue weighted by atomic mass is 9.97. The van der Waals surface area contributed by atoms with Crippen LogP contribution in [0.3, 0.4) is 0 Å². The van der Waals surface area contributed by atoms with E-state index in [1.54, 1.807) is 0 Å². The molecule has 1 rings (SSSR count). The van der Waals surface area contributed by atoms with Crippen LogP contribution in [0.5, 0.6) is 0 Å². The van der Waals surface area contributed by atoms with E-state index >= 15 is 0 Å². The molecule has 1 aliphatic rings. The van der Waals surface area contributed by atoms with Crippen LogP contribution in [0.4, 0.5) is 0 Å². The molecular weight excluding hydrogens is 344 g/mol. The first-order valence-corrected chi connectivity index (χ1v) is 11.0. The van der Waals surface area contributed by atoms with Crippen molar-refractivity contribution in [1.29, 1.82) is 0 Å². The fourth-order valence-electron chi connectivity index (χ4n) is 3.61. The number of rotatable bonds is 15. The second kappa shape index (κ2) is 13.5. The third-order valence-corrected chi connectivity index (χ3v) is 5.71. The van der Waals surface area contributed by atoms with Crippen molar-refractivity contribution in [1.82, 2.24) is 20.9 Å². The van der Waals surface area contributed by atoms with Crippen molar-refractivity contribution in [3.05, 3.63) is 49.0 Å². The van der Waals surface area contributed by atoms with E-state index in [2.05, 4.69) is 67.9 Å². The summed E-state index contributed by atoms with van der Waals surface area (Å²) in [4.78, 5) is 2.57. The highest BCUT2D eigenvalue weighted by molar-refractivity contribution is 5.01. The lowest BCUT2D eigenvalue weighted by molar-refractivity contribution is 0.113. The van der Waals surface area contributed by atoms with Gasteiger partial charge in [0.15, 0.2) is 0 Å². The van der Waals surface area contributed by atoms with E-state index in [-0.39, 0.29) is 0 Å². The van der Waals surface area contributed by atoms with Crippen LogP contribution in [0.2, 0.25) is 0 Å². The summed E-state index contributed by atoms with van der Waals surface area (Å²) in [6.07, 6.45) is 7.81. The highest BCUT2D eigenvalue weighted by Crippen LogP contribution is 2.22. The largest absolute Gasteiger partial charge is 0.388 e. The SMILES string of the molecule is C=C(CC)CCNC(=C)CCNC(=C)CCNC(=C)CN1[C@H](C)CCC[C@@H]1C. The van der Waals surface area contributed by atoms with Gasteiger partial charge in [-0.15, -0.1) is 0 Å². The van der Waals surface area contributed by atoms with Crippen molar-refractivity contribution in [3.8, 4) is 0 Å². The number of hydrogen-bond acceptors (Lipinski definition) is 4. The maximum atomic E-state index is 4.22. The van der Waals surface area contributed by atoms with Crippen molar-refractivity contribution in [2.24, 2.45) is 0 Å². The minimum atomic E-state index is 0.653. The van der Waals surface area contributed by atoms with Crippen LogP contribution in [-0.4, -0.2) is 43.2 Å². The Balaban J connectivity index is 2.09. The topological polar surface area (TPSA) is 39.3 Å². The first kappa shape index (κ1) is 24.4. The fourth-order valence-corrected chi connectivity index (χ4v) is 3.61. The molecule has 0 aromatic rings. The molecule has 4 heteroatoms. The maximum Gasteiger partial charge on any atom is 0.0381 e. The molecule has 28 heavy (non-hydrogen) atoms. The lowest BCUT2D eigenvalue weighted by Crippen LogP contribution is -2.45. The predicted molar refractivity (Wildman–Crippen MR) is 124 cm³/mol. The summed E-state index contributed by atoms with van der Waals surface area (Å²) in [6.45, 7) is 26.9. The monoisotopic (exact) mass is 388 g/mol. The van der Waals surface area contributed by atoms with E-state index in [9.17, 15) is 0 Å². The molecule has 0 aromatic carbocycles. The zero-order valence-corrected chi connectivity index (χ0v) is 18.7. The van der Waals surface area contributed by atoms with Crippen molar-refractivity contribution < 1.29 is 0 Å². The van der Waals surface area contributed by atoms with Crippen molar-refractivity contribution in [2.75, 3.05) is 26.2 Å². The number of nitrogens with zero attached hydrogens (tertiary/aromatic N) is 1. The Morgan fingerprint density at radius 3 is 1.75 bits per heavy atom. The standard InChI is InChI=1S/C24H44N4/c1-8-19(2)12-15-25-20(3)13-16-26-21(4)14-17-27-22(5)18-28-23(6)10-9-11-24(28)7/h23-27H,2-5,8-18H2,1,6-7H3/t23-,24+. The average molecular weight is 389 g/mol. The minimum Gasteiger partial charge on any atom is -0.388 e. The summed E-state index contributed by atoms with van der Waals surface area (Å²) < 4.78 is 0. The first-order chi connectivity index (χ1) is 13.3. The van der Waals surface area contributed by atoms with Crippen LogP contribution >= 0.6 is 0 Å². The molecule has 2 atom stereocenters. The third-order valence-electron chi connectivity index (χ3n) is 5.71. The molecule has 0 spiro atoms. The summed E-state index contributed by atoms with van der Waals surface area (Å²) in [6, 6.07) is 1.31. The van der Waals surface area contributed by atoms with Gasteiger partial charge in [-0.25, -0.2) is 0 Å². The average Bonchev–Trinajstić information content (AvgIpc) is 2.64. The molecule has 0 aliphatic carbocycles. The van der Waals surface area contributed by atoms with E-state index in [1.807, 2.05) is 0 Å². The van der Waals surface area contributed by atoms with E-state index < -0.39 is 0 Å². The Morgan fingerprint density at radius 2 is 1.25 bits per heavy atom. The van der Waals surface area contributed by atoms with Gasteiger partial charge in [0.2, 0.25) is 0 Å². The molecule has 3 N–H and O–H groups in total. The summed E-state index contributed by atoms with van der Waals surface area (Å²) in [5.74, 6) is 0. The summed E-state index contributed by atoms with van der Waals surface area (Å²) >= 11 is 0. The van der Waals surface area contributed by atoms with Gasteiger partial charge in [0.05, 0.1) is 0 Å². The van der Waals surface area contributed by atoms with Crippen LogP contribution in [-0.2, 0) is 0 Å². The quantitative estimate of drug-likeness (QED) is 0.356. The van der Waals surface area contributed by atoms with Gasteiger partial charge >= 0.3 is 0 Å². The van der Waals surface area contributed by atoms with Crippen molar-refractivity contribution in [3.63, 3.8) is 0 Å². The van der Waals surface area contributed by atoms with Gasteiger partial charge in [-0.1, -0.05) is 45.2 Å². The van der Waals surface area contributed by atoms with E-state index in [1.165, 1.54) is 24.8 Å². The Kier molecular flexibility index (Phi) is 11.7.